The topological polar surface area (TPSA) is 258 Å². The molecule has 2 saturated heterocycles. The van der Waals surface area contributed by atoms with Crippen LogP contribution in [0.15, 0.2) is 65.1 Å². The second-order valence-corrected chi connectivity index (χ2v) is 10.2. The second kappa shape index (κ2) is 12.6. The molecule has 1 aromatic rings. The molecule has 14 nitrogen and oxygen atoms in total. The molecule has 0 saturated carbocycles. The smallest absolute Gasteiger partial charge is 0.185 e. The van der Waals surface area contributed by atoms with Gasteiger partial charge in [-0.15, -0.1) is 0 Å². The highest BCUT2D eigenvalue weighted by Crippen LogP contribution is 2.42. The summed E-state index contributed by atoms with van der Waals surface area (Å²) in [6, 6.07) is 7.95. The van der Waals surface area contributed by atoms with Crippen molar-refractivity contribution in [3.8, 4) is 0 Å². The molecule has 2 fully saturated rings. The van der Waals surface area contributed by atoms with Crippen LogP contribution < -0.4 is 0 Å². The van der Waals surface area contributed by atoms with E-state index in [1.807, 2.05) is 0 Å². The fraction of sp³-hybridized carbons (Fsp3) is 0.519. The molecule has 14 heteroatoms. The van der Waals surface area contributed by atoms with Crippen molar-refractivity contribution < 1.29 is 70.4 Å². The van der Waals surface area contributed by atoms with Crippen LogP contribution in [0.3, 0.4) is 0 Å². The van der Waals surface area contributed by atoms with Crippen LogP contribution in [0.2, 0.25) is 0 Å². The molecule has 226 valence electrons. The van der Waals surface area contributed by atoms with E-state index < -0.39 is 115 Å². The first-order valence-corrected chi connectivity index (χ1v) is 12.9. The van der Waals surface area contributed by atoms with Gasteiger partial charge >= 0.3 is 0 Å². The Balaban J connectivity index is 1.83. The SMILES string of the molecule is O=C(C=CC1C(O)=C(C2O[C@H](CO)[C@@H](O)[C@H](O)[C@H]2O)C(O)=C(C2O[C@H](CO)[C@@H](O)[C@H](O)[C@H]2O)C1O)c1ccccc1. The van der Waals surface area contributed by atoms with Gasteiger partial charge in [-0.2, -0.15) is 0 Å². The van der Waals surface area contributed by atoms with Crippen molar-refractivity contribution in [3.05, 3.63) is 70.7 Å². The summed E-state index contributed by atoms with van der Waals surface area (Å²) < 4.78 is 11.0. The lowest BCUT2D eigenvalue weighted by molar-refractivity contribution is -0.225. The van der Waals surface area contributed by atoms with E-state index in [0.29, 0.717) is 0 Å². The first kappa shape index (κ1) is 31.2. The minimum absolute atomic E-state index is 0.263. The predicted octanol–water partition coefficient (Wildman–Crippen LogP) is -3.27. The van der Waals surface area contributed by atoms with E-state index in [-0.39, 0.29) is 5.56 Å². The summed E-state index contributed by atoms with van der Waals surface area (Å²) in [5, 5.41) is 116. The second-order valence-electron chi connectivity index (χ2n) is 10.2. The zero-order valence-electron chi connectivity index (χ0n) is 21.5. The van der Waals surface area contributed by atoms with E-state index in [1.165, 1.54) is 12.1 Å². The van der Waals surface area contributed by atoms with Gasteiger partial charge in [0, 0.05) is 11.1 Å². The molecular formula is C27H34O14. The summed E-state index contributed by atoms with van der Waals surface area (Å²) in [5.74, 6) is -3.93. The molecule has 3 aliphatic rings. The zero-order chi connectivity index (χ0) is 30.2. The predicted molar refractivity (Wildman–Crippen MR) is 136 cm³/mol. The van der Waals surface area contributed by atoms with E-state index in [1.54, 1.807) is 18.2 Å². The van der Waals surface area contributed by atoms with Crippen LogP contribution >= 0.6 is 0 Å². The standard InChI is InChI=1S/C27H34O14/c28-8-13-19(33)22(36)24(38)26(40-13)15-17(31)11(6-7-12(30)10-4-2-1-3-5-10)18(32)16(21(15)35)27-25(39)23(37)20(34)14(9-29)41-27/h1-7,11,13-14,17,19-20,22-29,31-39H,8-9H2/t11?,13-,14-,17?,19-,20-,22+,23+,24-,25-,26?,27?/m1/s1. The molecule has 1 aromatic carbocycles. The van der Waals surface area contributed by atoms with Gasteiger partial charge in [0.2, 0.25) is 0 Å². The number of ether oxygens (including phenoxy) is 2. The molecule has 11 N–H and O–H groups in total. The number of hydrogen-bond donors (Lipinski definition) is 11. The normalized spacial score (nSPS) is 40.3. The fourth-order valence-electron chi connectivity index (χ4n) is 5.31. The van der Waals surface area contributed by atoms with Gasteiger partial charge in [0.15, 0.2) is 5.78 Å². The van der Waals surface area contributed by atoms with Crippen LogP contribution in [0.5, 0.6) is 0 Å². The van der Waals surface area contributed by atoms with Gasteiger partial charge in [-0.05, 0) is 6.08 Å². The molecule has 2 heterocycles. The van der Waals surface area contributed by atoms with Gasteiger partial charge in [-0.1, -0.05) is 36.4 Å². The minimum atomic E-state index is -1.99. The number of carbonyl (C=O) groups is 1. The number of ketones is 1. The van der Waals surface area contributed by atoms with Crippen LogP contribution in [0.25, 0.3) is 0 Å². The van der Waals surface area contributed by atoms with E-state index in [2.05, 4.69) is 0 Å². The third kappa shape index (κ3) is 5.69. The highest BCUT2D eigenvalue weighted by Gasteiger charge is 2.53. The summed E-state index contributed by atoms with van der Waals surface area (Å²) in [7, 11) is 0. The van der Waals surface area contributed by atoms with Gasteiger partial charge in [-0.3, -0.25) is 4.79 Å². The largest absolute Gasteiger partial charge is 0.511 e. The van der Waals surface area contributed by atoms with Crippen molar-refractivity contribution in [1.29, 1.82) is 0 Å². The molecule has 4 rings (SSSR count). The molecule has 2 aliphatic heterocycles. The third-order valence-corrected chi connectivity index (χ3v) is 7.67. The van der Waals surface area contributed by atoms with Crippen molar-refractivity contribution >= 4 is 5.78 Å². The molecule has 12 atom stereocenters. The molecule has 4 unspecified atom stereocenters. The van der Waals surface area contributed by atoms with Crippen LogP contribution in [0.4, 0.5) is 0 Å². The summed E-state index contributed by atoms with van der Waals surface area (Å²) in [6.07, 6.45) is -17.7. The number of rotatable bonds is 7. The Morgan fingerprint density at radius 1 is 0.732 bits per heavy atom. The maximum absolute atomic E-state index is 12.7. The molecule has 41 heavy (non-hydrogen) atoms. The average Bonchev–Trinajstić information content (AvgIpc) is 2.97. The fourth-order valence-corrected chi connectivity index (χ4v) is 5.31. The van der Waals surface area contributed by atoms with Crippen LogP contribution in [0.1, 0.15) is 10.4 Å². The number of allylic oxidation sites excluding steroid dienone is 1. The molecule has 0 bridgehead atoms. The molecule has 0 aromatic heterocycles. The first-order chi connectivity index (χ1) is 19.4. The van der Waals surface area contributed by atoms with E-state index in [4.69, 9.17) is 9.47 Å². The summed E-state index contributed by atoms with van der Waals surface area (Å²) in [6.45, 7) is -1.67. The number of aliphatic hydroxyl groups excluding tert-OH is 11. The van der Waals surface area contributed by atoms with Gasteiger partial charge in [0.25, 0.3) is 0 Å². The monoisotopic (exact) mass is 582 g/mol. The summed E-state index contributed by atoms with van der Waals surface area (Å²) in [5.41, 5.74) is -0.950. The first-order valence-electron chi connectivity index (χ1n) is 12.9. The third-order valence-electron chi connectivity index (χ3n) is 7.67. The molecule has 1 aliphatic carbocycles. The van der Waals surface area contributed by atoms with Crippen molar-refractivity contribution in [2.24, 2.45) is 5.92 Å². The lowest BCUT2D eigenvalue weighted by atomic mass is 9.76. The van der Waals surface area contributed by atoms with Crippen LogP contribution in [-0.2, 0) is 9.47 Å². The molecule has 0 spiro atoms. The highest BCUT2D eigenvalue weighted by molar-refractivity contribution is 6.04. The minimum Gasteiger partial charge on any atom is -0.511 e. The Hall–Kier alpha value is -2.73. The van der Waals surface area contributed by atoms with Crippen LogP contribution in [-0.4, -0.2) is 142 Å². The number of carbonyl (C=O) groups excluding carboxylic acids is 1. The lowest BCUT2D eigenvalue weighted by Gasteiger charge is -2.45. The van der Waals surface area contributed by atoms with Gasteiger partial charge in [0.05, 0.1) is 30.8 Å². The zero-order valence-corrected chi connectivity index (χ0v) is 21.5. The Labute approximate surface area is 233 Å². The molecule has 0 amide bonds. The maximum Gasteiger partial charge on any atom is 0.185 e. The van der Waals surface area contributed by atoms with Gasteiger partial charge in [0.1, 0.15) is 72.6 Å². The number of aliphatic hydroxyl groups is 11. The summed E-state index contributed by atoms with van der Waals surface area (Å²) in [4.78, 5) is 12.7. The van der Waals surface area contributed by atoms with Gasteiger partial charge in [-0.25, -0.2) is 0 Å². The maximum atomic E-state index is 12.7. The van der Waals surface area contributed by atoms with Crippen molar-refractivity contribution in [3.63, 3.8) is 0 Å². The Kier molecular flexibility index (Phi) is 9.63. The quantitative estimate of drug-likeness (QED) is 0.111. The van der Waals surface area contributed by atoms with E-state index in [0.717, 1.165) is 12.2 Å². The molecule has 0 radical (unpaired) electrons. The van der Waals surface area contributed by atoms with E-state index >= 15 is 0 Å². The van der Waals surface area contributed by atoms with Crippen molar-refractivity contribution in [2.75, 3.05) is 13.2 Å². The highest BCUT2D eigenvalue weighted by atomic mass is 16.6. The Morgan fingerprint density at radius 2 is 1.24 bits per heavy atom. The van der Waals surface area contributed by atoms with Crippen molar-refractivity contribution in [1.82, 2.24) is 0 Å². The average molecular weight is 583 g/mol. The van der Waals surface area contributed by atoms with Crippen LogP contribution in [0, 0.1) is 5.92 Å². The molecular weight excluding hydrogens is 548 g/mol. The van der Waals surface area contributed by atoms with Gasteiger partial charge < -0.3 is 65.6 Å². The van der Waals surface area contributed by atoms with Crippen molar-refractivity contribution in [2.45, 2.75) is 67.1 Å². The number of hydrogen-bond acceptors (Lipinski definition) is 14. The Morgan fingerprint density at radius 3 is 1.78 bits per heavy atom. The lowest BCUT2D eigenvalue weighted by Crippen LogP contribution is -2.61. The summed E-state index contributed by atoms with van der Waals surface area (Å²) >= 11 is 0. The Bertz CT molecular complexity index is 1180. The van der Waals surface area contributed by atoms with E-state index in [9.17, 15) is 61.0 Å². The number of benzene rings is 1.